The number of rotatable bonds is 4. The zero-order chi connectivity index (χ0) is 21.6. The predicted octanol–water partition coefficient (Wildman–Crippen LogP) is 2.69. The summed E-state index contributed by atoms with van der Waals surface area (Å²) < 4.78 is 22.4. The lowest BCUT2D eigenvalue weighted by atomic mass is 10.1. The molecule has 0 spiro atoms. The number of aryl methyl sites for hydroxylation is 2. The number of hydrogen-bond acceptors (Lipinski definition) is 5. The average molecular weight is 427 g/mol. The topological polar surface area (TPSA) is 66.8 Å². The Morgan fingerprint density at radius 2 is 1.80 bits per heavy atom. The summed E-state index contributed by atoms with van der Waals surface area (Å²) in [5.74, 6) is 0.687. The van der Waals surface area contributed by atoms with E-state index in [1.807, 2.05) is 43.3 Å². The van der Waals surface area contributed by atoms with Crippen molar-refractivity contribution in [3.05, 3.63) is 52.3 Å². The number of pyridine rings is 1. The van der Waals surface area contributed by atoms with Crippen LogP contribution in [0, 0.1) is 6.92 Å². The molecule has 0 aliphatic carbocycles. The summed E-state index contributed by atoms with van der Waals surface area (Å²) in [6, 6.07) is 11.7. The fraction of sp³-hybridized carbons (Fsp3) is 0.318. The first-order valence-electron chi connectivity index (χ1n) is 9.76. The maximum atomic E-state index is 12.5. The highest BCUT2D eigenvalue weighted by atomic mass is 32.2. The van der Waals surface area contributed by atoms with Crippen molar-refractivity contribution in [2.24, 2.45) is 7.05 Å². The van der Waals surface area contributed by atoms with Crippen molar-refractivity contribution in [2.75, 3.05) is 44.1 Å². The van der Waals surface area contributed by atoms with Crippen molar-refractivity contribution in [2.45, 2.75) is 11.8 Å². The number of nitrogens with zero attached hydrogens (tertiary/aromatic N) is 3. The van der Waals surface area contributed by atoms with Gasteiger partial charge in [-0.05, 0) is 38.2 Å². The number of likely N-dealkylation sites (N-methyl/N-ethyl adjacent to an activating group) is 1. The van der Waals surface area contributed by atoms with Gasteiger partial charge in [0.15, 0.2) is 0 Å². The normalized spacial score (nSPS) is 14.7. The van der Waals surface area contributed by atoms with E-state index in [-0.39, 0.29) is 5.56 Å². The Morgan fingerprint density at radius 3 is 2.50 bits per heavy atom. The summed E-state index contributed by atoms with van der Waals surface area (Å²) in [5.41, 5.74) is 4.49. The van der Waals surface area contributed by atoms with Gasteiger partial charge in [-0.15, -0.1) is 0 Å². The minimum absolute atomic E-state index is 0.0211. The first-order chi connectivity index (χ1) is 14.3. The number of nitrogens with one attached hydrogen (secondary N) is 1. The van der Waals surface area contributed by atoms with Crippen molar-refractivity contribution in [3.8, 4) is 5.75 Å². The Balaban J connectivity index is 2.01. The molecule has 1 unspecified atom stereocenters. The minimum atomic E-state index is -1.28. The summed E-state index contributed by atoms with van der Waals surface area (Å²) >= 11 is 0. The predicted molar refractivity (Wildman–Crippen MR) is 123 cm³/mol. The van der Waals surface area contributed by atoms with E-state index in [0.717, 1.165) is 41.1 Å². The third-order valence-electron chi connectivity index (χ3n) is 5.71. The van der Waals surface area contributed by atoms with E-state index in [4.69, 9.17) is 4.74 Å². The number of ether oxygens (including phenoxy) is 1. The van der Waals surface area contributed by atoms with Gasteiger partial charge in [0.2, 0.25) is 0 Å². The maximum absolute atomic E-state index is 12.5. The molecule has 0 saturated carbocycles. The second-order valence-corrected chi connectivity index (χ2v) is 8.88. The number of fused-ring (bicyclic) bond motifs is 2. The monoisotopic (exact) mass is 426 g/mol. The fourth-order valence-electron chi connectivity index (χ4n) is 4.03. The van der Waals surface area contributed by atoms with Crippen LogP contribution in [0.2, 0.25) is 0 Å². The lowest BCUT2D eigenvalue weighted by Crippen LogP contribution is -2.37. The van der Waals surface area contributed by atoms with Gasteiger partial charge >= 0.3 is 0 Å². The lowest BCUT2D eigenvalue weighted by Gasteiger charge is -2.38. The molecule has 30 heavy (non-hydrogen) atoms. The Bertz CT molecular complexity index is 1220. The first kappa shape index (κ1) is 20.4. The molecule has 2 aromatic carbocycles. The third-order valence-corrected chi connectivity index (χ3v) is 6.76. The first-order valence-corrected chi connectivity index (χ1v) is 10.9. The summed E-state index contributed by atoms with van der Waals surface area (Å²) in [4.78, 5) is 17.7. The van der Waals surface area contributed by atoms with Crippen LogP contribution in [0.4, 0.5) is 17.1 Å². The van der Waals surface area contributed by atoms with Gasteiger partial charge < -0.3 is 19.1 Å². The molecule has 3 aromatic rings. The highest BCUT2D eigenvalue weighted by molar-refractivity contribution is 7.83. The molecule has 1 atom stereocenters. The molecule has 1 aliphatic heterocycles. The number of benzene rings is 2. The van der Waals surface area contributed by atoms with E-state index in [0.29, 0.717) is 16.2 Å². The van der Waals surface area contributed by atoms with Crippen molar-refractivity contribution >= 4 is 39.0 Å². The van der Waals surface area contributed by atoms with Gasteiger partial charge in [-0.2, -0.15) is 0 Å². The smallest absolute Gasteiger partial charge is 0.253 e. The molecule has 0 bridgehead atoms. The molecule has 8 heteroatoms. The van der Waals surface area contributed by atoms with Gasteiger partial charge in [-0.1, -0.05) is 0 Å². The molecule has 1 aliphatic rings. The van der Waals surface area contributed by atoms with E-state index >= 15 is 0 Å². The van der Waals surface area contributed by atoms with E-state index in [1.54, 1.807) is 25.8 Å². The van der Waals surface area contributed by atoms with Gasteiger partial charge in [0.1, 0.15) is 16.7 Å². The van der Waals surface area contributed by atoms with Gasteiger partial charge in [0, 0.05) is 50.3 Å². The maximum Gasteiger partial charge on any atom is 0.253 e. The second kappa shape index (κ2) is 7.77. The standard InChI is InChI=1S/C22H26N4O3S/c1-14-10-17-19(25(4)22(14)27)11-15(29-5)12-20(17)26-9-8-24(3)18-7-6-16(13-21(18)26)30(28)23-2/h6-7,10-13,23H,8-9H2,1-5H3. The molecule has 158 valence electrons. The second-order valence-electron chi connectivity index (χ2n) is 7.47. The number of aromatic nitrogens is 1. The Morgan fingerprint density at radius 1 is 1.03 bits per heavy atom. The SMILES string of the molecule is CNS(=O)c1ccc2c(c1)N(c1cc(OC)cc3c1cc(C)c(=O)n3C)CCN2C. The Labute approximate surface area is 178 Å². The van der Waals surface area contributed by atoms with Gasteiger partial charge in [-0.3, -0.25) is 4.79 Å². The molecule has 2 heterocycles. The Kier molecular flexibility index (Phi) is 5.29. The zero-order valence-electron chi connectivity index (χ0n) is 17.9. The van der Waals surface area contributed by atoms with E-state index in [9.17, 15) is 9.00 Å². The summed E-state index contributed by atoms with van der Waals surface area (Å²) in [5, 5.41) is 0.978. The third kappa shape index (κ3) is 3.26. The quantitative estimate of drug-likeness (QED) is 0.695. The molecular weight excluding hydrogens is 400 g/mol. The molecule has 7 nitrogen and oxygen atoms in total. The van der Waals surface area contributed by atoms with Crippen LogP contribution in [0.25, 0.3) is 10.9 Å². The van der Waals surface area contributed by atoms with Crippen LogP contribution < -0.4 is 24.8 Å². The van der Waals surface area contributed by atoms with Gasteiger partial charge in [0.05, 0.1) is 34.6 Å². The molecule has 0 amide bonds. The Hall–Kier alpha value is -2.84. The minimum Gasteiger partial charge on any atom is -0.497 e. The van der Waals surface area contributed by atoms with E-state index < -0.39 is 11.0 Å². The molecule has 1 aromatic heterocycles. The van der Waals surface area contributed by atoms with Crippen LogP contribution in [0.3, 0.4) is 0 Å². The highest BCUT2D eigenvalue weighted by Crippen LogP contribution is 2.42. The van der Waals surface area contributed by atoms with Crippen LogP contribution in [-0.4, -0.2) is 43.1 Å². The summed E-state index contributed by atoms with van der Waals surface area (Å²) in [6.07, 6.45) is 0. The van der Waals surface area contributed by atoms with Gasteiger partial charge in [0.25, 0.3) is 5.56 Å². The molecule has 0 radical (unpaired) electrons. The largest absolute Gasteiger partial charge is 0.497 e. The zero-order valence-corrected chi connectivity index (χ0v) is 18.7. The summed E-state index contributed by atoms with van der Waals surface area (Å²) in [7, 11) is 5.87. The molecule has 1 N–H and O–H groups in total. The molecule has 0 saturated heterocycles. The lowest BCUT2D eigenvalue weighted by molar-refractivity contribution is 0.415. The van der Waals surface area contributed by atoms with Crippen LogP contribution in [0.5, 0.6) is 5.75 Å². The molecule has 4 rings (SSSR count). The highest BCUT2D eigenvalue weighted by Gasteiger charge is 2.25. The van der Waals surface area contributed by atoms with Crippen LogP contribution in [0.1, 0.15) is 5.56 Å². The van der Waals surface area contributed by atoms with Crippen LogP contribution in [0.15, 0.2) is 46.1 Å². The van der Waals surface area contributed by atoms with E-state index in [1.165, 1.54) is 0 Å². The molecular formula is C22H26N4O3S. The fourth-order valence-corrected chi connectivity index (χ4v) is 4.68. The summed E-state index contributed by atoms with van der Waals surface area (Å²) in [6.45, 7) is 3.43. The van der Waals surface area contributed by atoms with Crippen molar-refractivity contribution in [1.82, 2.24) is 9.29 Å². The van der Waals surface area contributed by atoms with Gasteiger partial charge in [-0.25, -0.2) is 8.93 Å². The van der Waals surface area contributed by atoms with Crippen LogP contribution >= 0.6 is 0 Å². The van der Waals surface area contributed by atoms with Crippen molar-refractivity contribution in [1.29, 1.82) is 0 Å². The number of methoxy groups -OCH3 is 1. The molecule has 0 fully saturated rings. The average Bonchev–Trinajstić information content (AvgIpc) is 2.76. The number of anilines is 3. The number of hydrogen-bond donors (Lipinski definition) is 1. The van der Waals surface area contributed by atoms with Crippen molar-refractivity contribution < 1.29 is 8.95 Å². The van der Waals surface area contributed by atoms with Crippen molar-refractivity contribution in [3.63, 3.8) is 0 Å². The van der Waals surface area contributed by atoms with Crippen LogP contribution in [-0.2, 0) is 18.0 Å². The van der Waals surface area contributed by atoms with E-state index in [2.05, 4.69) is 21.6 Å².